The van der Waals surface area contributed by atoms with Gasteiger partial charge in [0.25, 0.3) is 0 Å². The van der Waals surface area contributed by atoms with Crippen LogP contribution in [0.4, 0.5) is 0 Å². The van der Waals surface area contributed by atoms with Crippen molar-refractivity contribution in [3.05, 3.63) is 53.7 Å². The molecular formula is C21H27NO3. The van der Waals surface area contributed by atoms with Gasteiger partial charge < -0.3 is 9.47 Å². The number of aromatic nitrogens is 1. The Bertz CT molecular complexity index is 675. The summed E-state index contributed by atoms with van der Waals surface area (Å²) < 4.78 is 10.8. The number of pyridine rings is 1. The molecule has 1 aromatic carbocycles. The Hall–Kier alpha value is -2.36. The predicted molar refractivity (Wildman–Crippen MR) is 98.8 cm³/mol. The first-order valence-electron chi connectivity index (χ1n) is 8.73. The zero-order valence-corrected chi connectivity index (χ0v) is 15.5. The van der Waals surface area contributed by atoms with Crippen molar-refractivity contribution in [2.24, 2.45) is 5.41 Å². The van der Waals surface area contributed by atoms with Crippen LogP contribution in [0.1, 0.15) is 44.7 Å². The molecule has 0 radical (unpaired) electrons. The first-order valence-corrected chi connectivity index (χ1v) is 8.73. The highest BCUT2D eigenvalue weighted by Crippen LogP contribution is 2.28. The van der Waals surface area contributed by atoms with Crippen LogP contribution in [-0.2, 0) is 16.0 Å². The minimum absolute atomic E-state index is 0.0939. The molecule has 0 unspecified atom stereocenters. The van der Waals surface area contributed by atoms with Crippen LogP contribution in [-0.4, -0.2) is 17.6 Å². The van der Waals surface area contributed by atoms with Gasteiger partial charge in [0.2, 0.25) is 5.88 Å². The zero-order valence-electron chi connectivity index (χ0n) is 15.5. The summed E-state index contributed by atoms with van der Waals surface area (Å²) in [6.45, 7) is 8.48. The highest BCUT2D eigenvalue weighted by atomic mass is 16.5. The molecule has 0 aliphatic rings. The van der Waals surface area contributed by atoms with E-state index in [2.05, 4.69) is 18.8 Å². The third kappa shape index (κ3) is 6.57. The Morgan fingerprint density at radius 3 is 2.44 bits per heavy atom. The molecule has 4 heteroatoms. The summed E-state index contributed by atoms with van der Waals surface area (Å²) in [7, 11) is 0. The smallest absolute Gasteiger partial charge is 0.306 e. The third-order valence-corrected chi connectivity index (χ3v) is 4.06. The van der Waals surface area contributed by atoms with Crippen molar-refractivity contribution in [3.8, 4) is 11.6 Å². The molecule has 1 heterocycles. The fraction of sp³-hybridized carbons (Fsp3) is 0.429. The fourth-order valence-electron chi connectivity index (χ4n) is 2.52. The summed E-state index contributed by atoms with van der Waals surface area (Å²) in [5.74, 6) is 1.23. The second kappa shape index (κ2) is 8.65. The Kier molecular flexibility index (Phi) is 6.57. The van der Waals surface area contributed by atoms with Crippen LogP contribution in [0.2, 0.25) is 0 Å². The van der Waals surface area contributed by atoms with Gasteiger partial charge in [0.05, 0.1) is 13.0 Å². The SMILES string of the molecule is CCOC(=O)CC(C)(C)CCc1ccc(Oc2ccc(C)cc2)nc1. The number of hydrogen-bond acceptors (Lipinski definition) is 4. The van der Waals surface area contributed by atoms with Gasteiger partial charge in [-0.25, -0.2) is 4.98 Å². The number of carbonyl (C=O) groups is 1. The summed E-state index contributed by atoms with van der Waals surface area (Å²) in [6.07, 6.45) is 4.03. The van der Waals surface area contributed by atoms with Gasteiger partial charge in [0.1, 0.15) is 5.75 Å². The first-order chi connectivity index (χ1) is 11.9. The predicted octanol–water partition coefficient (Wildman–Crippen LogP) is 5.09. The number of aryl methyl sites for hydroxylation is 2. The Morgan fingerprint density at radius 2 is 1.84 bits per heavy atom. The van der Waals surface area contributed by atoms with E-state index in [-0.39, 0.29) is 11.4 Å². The van der Waals surface area contributed by atoms with Gasteiger partial charge >= 0.3 is 5.97 Å². The molecule has 0 saturated heterocycles. The highest BCUT2D eigenvalue weighted by molar-refractivity contribution is 5.70. The van der Waals surface area contributed by atoms with Crippen LogP contribution in [0.5, 0.6) is 11.6 Å². The van der Waals surface area contributed by atoms with E-state index in [0.29, 0.717) is 18.9 Å². The Morgan fingerprint density at radius 1 is 1.12 bits per heavy atom. The van der Waals surface area contributed by atoms with Crippen LogP contribution in [0.3, 0.4) is 0 Å². The zero-order chi connectivity index (χ0) is 18.3. The van der Waals surface area contributed by atoms with Crippen LogP contribution in [0.15, 0.2) is 42.6 Å². The van der Waals surface area contributed by atoms with Crippen LogP contribution >= 0.6 is 0 Å². The molecule has 0 aliphatic carbocycles. The summed E-state index contributed by atoms with van der Waals surface area (Å²) in [4.78, 5) is 16.0. The van der Waals surface area contributed by atoms with E-state index in [0.717, 1.165) is 24.2 Å². The molecular weight excluding hydrogens is 314 g/mol. The molecule has 0 bridgehead atoms. The van der Waals surface area contributed by atoms with Gasteiger partial charge in [-0.3, -0.25) is 4.79 Å². The van der Waals surface area contributed by atoms with Crippen molar-refractivity contribution in [3.63, 3.8) is 0 Å². The molecule has 0 saturated carbocycles. The Balaban J connectivity index is 1.87. The molecule has 134 valence electrons. The summed E-state index contributed by atoms with van der Waals surface area (Å²) in [5.41, 5.74) is 2.23. The molecule has 2 aromatic rings. The van der Waals surface area contributed by atoms with E-state index in [9.17, 15) is 4.79 Å². The maximum Gasteiger partial charge on any atom is 0.306 e. The van der Waals surface area contributed by atoms with Crippen LogP contribution in [0.25, 0.3) is 0 Å². The molecule has 0 spiro atoms. The number of esters is 1. The van der Waals surface area contributed by atoms with Crippen molar-refractivity contribution >= 4 is 5.97 Å². The first kappa shape index (κ1) is 19.0. The van der Waals surface area contributed by atoms with Crippen molar-refractivity contribution in [1.29, 1.82) is 0 Å². The second-order valence-corrected chi connectivity index (χ2v) is 7.07. The van der Waals surface area contributed by atoms with Gasteiger partial charge in [-0.05, 0) is 49.8 Å². The van der Waals surface area contributed by atoms with Crippen molar-refractivity contribution in [1.82, 2.24) is 4.98 Å². The van der Waals surface area contributed by atoms with Gasteiger partial charge in [-0.2, -0.15) is 0 Å². The quantitative estimate of drug-likeness (QED) is 0.627. The summed E-state index contributed by atoms with van der Waals surface area (Å²) in [6, 6.07) is 11.8. The van der Waals surface area contributed by atoms with Gasteiger partial charge in [-0.15, -0.1) is 0 Å². The van der Waals surface area contributed by atoms with E-state index >= 15 is 0 Å². The molecule has 4 nitrogen and oxygen atoms in total. The number of carbonyl (C=O) groups excluding carboxylic acids is 1. The lowest BCUT2D eigenvalue weighted by Gasteiger charge is -2.23. The highest BCUT2D eigenvalue weighted by Gasteiger charge is 2.22. The topological polar surface area (TPSA) is 48.4 Å². The largest absolute Gasteiger partial charge is 0.466 e. The number of rotatable bonds is 8. The average molecular weight is 341 g/mol. The maximum atomic E-state index is 11.7. The lowest BCUT2D eigenvalue weighted by Crippen LogP contribution is -2.19. The number of benzene rings is 1. The van der Waals surface area contributed by atoms with Gasteiger partial charge in [0, 0.05) is 12.3 Å². The summed E-state index contributed by atoms with van der Waals surface area (Å²) >= 11 is 0. The molecule has 25 heavy (non-hydrogen) atoms. The number of hydrogen-bond donors (Lipinski definition) is 0. The van der Waals surface area contributed by atoms with Crippen molar-refractivity contribution in [2.45, 2.75) is 47.0 Å². The standard InChI is InChI=1S/C21H27NO3/c1-5-24-20(23)14-21(3,4)13-12-17-8-11-19(22-15-17)25-18-9-6-16(2)7-10-18/h6-11,15H,5,12-14H2,1-4H3. The van der Waals surface area contributed by atoms with Gasteiger partial charge in [0.15, 0.2) is 0 Å². The lowest BCUT2D eigenvalue weighted by molar-refractivity contribution is -0.145. The minimum Gasteiger partial charge on any atom is -0.466 e. The summed E-state index contributed by atoms with van der Waals surface area (Å²) in [5, 5.41) is 0. The monoisotopic (exact) mass is 341 g/mol. The lowest BCUT2D eigenvalue weighted by atomic mass is 9.83. The average Bonchev–Trinajstić information content (AvgIpc) is 2.56. The fourth-order valence-corrected chi connectivity index (χ4v) is 2.52. The van der Waals surface area contributed by atoms with E-state index < -0.39 is 0 Å². The normalized spacial score (nSPS) is 11.2. The maximum absolute atomic E-state index is 11.7. The van der Waals surface area contributed by atoms with Crippen molar-refractivity contribution < 1.29 is 14.3 Å². The molecule has 0 aliphatic heterocycles. The number of nitrogens with zero attached hydrogens (tertiary/aromatic N) is 1. The minimum atomic E-state index is -0.132. The van der Waals surface area contributed by atoms with Crippen LogP contribution in [0, 0.1) is 12.3 Å². The van der Waals surface area contributed by atoms with Crippen LogP contribution < -0.4 is 4.74 Å². The Labute approximate surface area is 150 Å². The molecule has 0 amide bonds. The molecule has 0 fully saturated rings. The third-order valence-electron chi connectivity index (χ3n) is 4.06. The molecule has 1 aromatic heterocycles. The van der Waals surface area contributed by atoms with E-state index in [1.54, 1.807) is 0 Å². The van der Waals surface area contributed by atoms with Gasteiger partial charge in [-0.1, -0.05) is 37.6 Å². The van der Waals surface area contributed by atoms with E-state index in [1.165, 1.54) is 5.56 Å². The van der Waals surface area contributed by atoms with Crippen molar-refractivity contribution in [2.75, 3.05) is 6.61 Å². The number of ether oxygens (including phenoxy) is 2. The molecule has 0 N–H and O–H groups in total. The van der Waals surface area contributed by atoms with E-state index in [1.807, 2.05) is 56.4 Å². The second-order valence-electron chi connectivity index (χ2n) is 7.07. The van der Waals surface area contributed by atoms with E-state index in [4.69, 9.17) is 9.47 Å². The molecule has 0 atom stereocenters. The molecule has 2 rings (SSSR count).